The van der Waals surface area contributed by atoms with E-state index < -0.39 is 0 Å². The van der Waals surface area contributed by atoms with Gasteiger partial charge in [-0.2, -0.15) is 0 Å². The minimum absolute atomic E-state index is 0.134. The number of unbranched alkanes of at least 4 members (excludes halogenated alkanes) is 5. The lowest BCUT2D eigenvalue weighted by Crippen LogP contribution is -1.98. The monoisotopic (exact) mass is 722 g/mol. The van der Waals surface area contributed by atoms with Gasteiger partial charge in [0.15, 0.2) is 0 Å². The van der Waals surface area contributed by atoms with Crippen molar-refractivity contribution in [3.63, 3.8) is 0 Å². The number of aryl methyl sites for hydroxylation is 1. The lowest BCUT2D eigenvalue weighted by molar-refractivity contribution is 0.455. The summed E-state index contributed by atoms with van der Waals surface area (Å²) in [6, 6.07) is 29.6. The second kappa shape index (κ2) is 20.5. The number of phenols is 5. The quantitative estimate of drug-likeness (QED) is 0.0407. The molecule has 5 N–H and O–H groups in total. The summed E-state index contributed by atoms with van der Waals surface area (Å²) in [5.74, 6) is 0.949. The summed E-state index contributed by atoms with van der Waals surface area (Å²) in [5, 5.41) is 53.7. The molecule has 0 aliphatic rings. The molecule has 0 spiro atoms. The Morgan fingerprint density at radius 3 is 1.67 bits per heavy atom. The molecule has 5 rings (SSSR count). The summed E-state index contributed by atoms with van der Waals surface area (Å²) in [5.41, 5.74) is 7.39. The molecule has 0 aromatic heterocycles. The van der Waals surface area contributed by atoms with Gasteiger partial charge < -0.3 is 25.5 Å². The van der Waals surface area contributed by atoms with Crippen LogP contribution in [0.4, 0.5) is 0 Å². The van der Waals surface area contributed by atoms with E-state index in [0.717, 1.165) is 59.9 Å². The van der Waals surface area contributed by atoms with Crippen molar-refractivity contribution in [1.82, 2.24) is 0 Å². The average molecular weight is 723 g/mol. The standard InChI is InChI=1S/C49H54O5/c1-2-3-4-5-6-7-8-9-10-11-12-13-14-17-36-22-26-39(47(52)33-36)31-38-25-29-46(51)44(32-38)35-43-21-16-20-42(49(43)54)34-41-19-15-18-40(48(41)53)30-37-23-27-45(50)28-24-37/h2,4-5,7-8,15-16,18-29,32-33,50-54H,1,3,6,9-14,17,30-31,34-35H2/b5-4-,8-7-. The van der Waals surface area contributed by atoms with Crippen molar-refractivity contribution in [1.29, 1.82) is 0 Å². The first-order valence-electron chi connectivity index (χ1n) is 19.2. The largest absolute Gasteiger partial charge is 0.508 e. The number of rotatable bonds is 20. The predicted molar refractivity (Wildman–Crippen MR) is 221 cm³/mol. The Kier molecular flexibility index (Phi) is 15.0. The van der Waals surface area contributed by atoms with Gasteiger partial charge in [0, 0.05) is 25.7 Å². The van der Waals surface area contributed by atoms with E-state index >= 15 is 0 Å². The van der Waals surface area contributed by atoms with Crippen molar-refractivity contribution in [2.75, 3.05) is 0 Å². The van der Waals surface area contributed by atoms with E-state index in [1.807, 2.05) is 78.9 Å². The summed E-state index contributed by atoms with van der Waals surface area (Å²) in [4.78, 5) is 0. The van der Waals surface area contributed by atoms with Crippen molar-refractivity contribution in [3.8, 4) is 28.7 Å². The maximum atomic E-state index is 11.3. The van der Waals surface area contributed by atoms with Gasteiger partial charge >= 0.3 is 0 Å². The first kappa shape index (κ1) is 39.5. The summed E-state index contributed by atoms with van der Waals surface area (Å²) in [6.45, 7) is 3.72. The van der Waals surface area contributed by atoms with E-state index in [1.54, 1.807) is 18.2 Å². The molecule has 5 aromatic rings. The van der Waals surface area contributed by atoms with Crippen LogP contribution in [0.1, 0.15) is 101 Å². The Bertz CT molecular complexity index is 2020. The molecule has 5 aromatic carbocycles. The lowest BCUT2D eigenvalue weighted by atomic mass is 9.93. The second-order valence-corrected chi connectivity index (χ2v) is 14.2. The molecule has 0 heterocycles. The number of hydrogen-bond donors (Lipinski definition) is 5. The topological polar surface area (TPSA) is 101 Å². The van der Waals surface area contributed by atoms with E-state index in [0.29, 0.717) is 47.9 Å². The minimum Gasteiger partial charge on any atom is -0.508 e. The number of benzene rings is 5. The van der Waals surface area contributed by atoms with Crippen LogP contribution in [-0.2, 0) is 32.1 Å². The highest BCUT2D eigenvalue weighted by Crippen LogP contribution is 2.34. The number of phenolic OH excluding ortho intramolecular Hbond substituents is 5. The first-order valence-corrected chi connectivity index (χ1v) is 19.2. The first-order chi connectivity index (χ1) is 26.3. The van der Waals surface area contributed by atoms with Gasteiger partial charge in [0.25, 0.3) is 0 Å². The second-order valence-electron chi connectivity index (χ2n) is 14.2. The van der Waals surface area contributed by atoms with Crippen molar-refractivity contribution >= 4 is 0 Å². The third-order valence-electron chi connectivity index (χ3n) is 9.93. The number of allylic oxidation sites excluding steroid dienone is 5. The van der Waals surface area contributed by atoms with Gasteiger partial charge in [-0.1, -0.05) is 122 Å². The van der Waals surface area contributed by atoms with Crippen LogP contribution in [0.25, 0.3) is 0 Å². The fourth-order valence-electron chi connectivity index (χ4n) is 6.83. The van der Waals surface area contributed by atoms with Gasteiger partial charge in [0.2, 0.25) is 0 Å². The number of aromatic hydroxyl groups is 5. The SMILES string of the molecule is C=CC/C=C\C/C=C\CCCCCCCc1ccc(Cc2ccc(O)c(Cc3cccc(Cc4cccc(Cc5ccc(O)cc5)c4O)c3O)c2)c(O)c1. The highest BCUT2D eigenvalue weighted by Gasteiger charge is 2.15. The third-order valence-corrected chi connectivity index (χ3v) is 9.93. The maximum Gasteiger partial charge on any atom is 0.122 e. The van der Waals surface area contributed by atoms with E-state index in [-0.39, 0.29) is 28.7 Å². The van der Waals surface area contributed by atoms with Gasteiger partial charge in [0.1, 0.15) is 28.7 Å². The van der Waals surface area contributed by atoms with E-state index in [9.17, 15) is 25.5 Å². The Morgan fingerprint density at radius 1 is 0.426 bits per heavy atom. The van der Waals surface area contributed by atoms with Crippen LogP contribution in [-0.4, -0.2) is 25.5 Å². The van der Waals surface area contributed by atoms with Crippen LogP contribution in [0, 0.1) is 0 Å². The van der Waals surface area contributed by atoms with Crippen LogP contribution in [0.2, 0.25) is 0 Å². The molecule has 54 heavy (non-hydrogen) atoms. The molecule has 0 amide bonds. The molecule has 0 bridgehead atoms. The predicted octanol–water partition coefficient (Wildman–Crippen LogP) is 11.5. The summed E-state index contributed by atoms with van der Waals surface area (Å²) >= 11 is 0. The van der Waals surface area contributed by atoms with Crippen LogP contribution < -0.4 is 0 Å². The fraction of sp³-hybridized carbons (Fsp3) is 0.265. The van der Waals surface area contributed by atoms with Gasteiger partial charge in [-0.25, -0.2) is 0 Å². The van der Waals surface area contributed by atoms with Crippen LogP contribution in [0.15, 0.2) is 134 Å². The zero-order valence-electron chi connectivity index (χ0n) is 31.3. The molecule has 0 saturated heterocycles. The smallest absolute Gasteiger partial charge is 0.122 e. The summed E-state index contributed by atoms with van der Waals surface area (Å²) in [7, 11) is 0. The molecule has 0 unspecified atom stereocenters. The molecule has 0 aliphatic heterocycles. The highest BCUT2D eigenvalue weighted by molar-refractivity contribution is 5.51. The molecule has 5 heteroatoms. The molecule has 280 valence electrons. The van der Waals surface area contributed by atoms with E-state index in [4.69, 9.17) is 0 Å². The van der Waals surface area contributed by atoms with E-state index in [1.165, 1.54) is 25.7 Å². The minimum atomic E-state index is 0.134. The number of para-hydroxylation sites is 2. The Hall–Kier alpha value is -5.68. The van der Waals surface area contributed by atoms with Crippen molar-refractivity contribution in [2.45, 2.75) is 83.5 Å². The van der Waals surface area contributed by atoms with Gasteiger partial charge in [0.05, 0.1) is 0 Å². The Labute approximate surface area is 320 Å². The zero-order valence-corrected chi connectivity index (χ0v) is 31.3. The lowest BCUT2D eigenvalue weighted by Gasteiger charge is -2.14. The van der Waals surface area contributed by atoms with Crippen molar-refractivity contribution < 1.29 is 25.5 Å². The number of hydrogen-bond acceptors (Lipinski definition) is 5. The molecule has 0 fully saturated rings. The van der Waals surface area contributed by atoms with Crippen LogP contribution in [0.5, 0.6) is 28.7 Å². The Morgan fingerprint density at radius 2 is 0.981 bits per heavy atom. The maximum absolute atomic E-state index is 11.3. The molecular weight excluding hydrogens is 669 g/mol. The highest BCUT2D eigenvalue weighted by atomic mass is 16.3. The van der Waals surface area contributed by atoms with E-state index in [2.05, 4.69) is 36.9 Å². The Balaban J connectivity index is 1.13. The van der Waals surface area contributed by atoms with Crippen molar-refractivity contribution in [2.24, 2.45) is 0 Å². The summed E-state index contributed by atoms with van der Waals surface area (Å²) < 4.78 is 0. The molecule has 0 aliphatic carbocycles. The molecule has 0 saturated carbocycles. The molecular formula is C49H54O5. The van der Waals surface area contributed by atoms with Gasteiger partial charge in [-0.15, -0.1) is 6.58 Å². The van der Waals surface area contributed by atoms with Gasteiger partial charge in [-0.3, -0.25) is 0 Å². The normalized spacial score (nSPS) is 11.5. The zero-order chi connectivity index (χ0) is 38.1. The molecule has 5 nitrogen and oxygen atoms in total. The van der Waals surface area contributed by atoms with Gasteiger partial charge in [-0.05, 0) is 113 Å². The van der Waals surface area contributed by atoms with Crippen LogP contribution >= 0.6 is 0 Å². The van der Waals surface area contributed by atoms with Crippen LogP contribution in [0.3, 0.4) is 0 Å². The van der Waals surface area contributed by atoms with Crippen molar-refractivity contribution in [3.05, 3.63) is 184 Å². The average Bonchev–Trinajstić information content (AvgIpc) is 3.16. The molecule has 0 radical (unpaired) electrons. The molecule has 0 atom stereocenters. The summed E-state index contributed by atoms with van der Waals surface area (Å²) in [6.07, 6.45) is 22.4. The third kappa shape index (κ3) is 11.9. The fourth-order valence-corrected chi connectivity index (χ4v) is 6.83.